The standard InChI is InChI=1S/C9HF15/c1-2-3(10,11)4(12,13)5(14,15)6(16,17)7(18,19)8(20,21)9(22,23)24/h1H. The zero-order chi connectivity index (χ0) is 20.2. The molecule has 0 unspecified atom stereocenters. The monoisotopic (exact) mass is 394 g/mol. The summed E-state index contributed by atoms with van der Waals surface area (Å²) in [6, 6.07) is 0. The van der Waals surface area contributed by atoms with Crippen LogP contribution >= 0.6 is 0 Å². The van der Waals surface area contributed by atoms with E-state index in [1.165, 1.54) is 0 Å². The average molecular weight is 394 g/mol. The van der Waals surface area contributed by atoms with Crippen LogP contribution < -0.4 is 0 Å². The van der Waals surface area contributed by atoms with Crippen LogP contribution in [-0.2, 0) is 0 Å². The Bertz CT molecular complexity index is 516. The van der Waals surface area contributed by atoms with E-state index >= 15 is 0 Å². The molecule has 0 N–H and O–H groups in total. The van der Waals surface area contributed by atoms with Crippen molar-refractivity contribution in [3.8, 4) is 12.3 Å². The normalized spacial score (nSPS) is 16.1. The molecule has 142 valence electrons. The summed E-state index contributed by atoms with van der Waals surface area (Å²) in [7, 11) is 0. The topological polar surface area (TPSA) is 0 Å². The van der Waals surface area contributed by atoms with Gasteiger partial charge in [-0.25, -0.2) is 0 Å². The van der Waals surface area contributed by atoms with Crippen molar-refractivity contribution in [1.29, 1.82) is 0 Å². The molecule has 0 heterocycles. The Morgan fingerprint density at radius 1 is 0.417 bits per heavy atom. The summed E-state index contributed by atoms with van der Waals surface area (Å²) in [5.41, 5.74) is 0. The summed E-state index contributed by atoms with van der Waals surface area (Å²) in [5.74, 6) is -47.3. The van der Waals surface area contributed by atoms with Crippen molar-refractivity contribution in [1.82, 2.24) is 0 Å². The molecule has 0 aliphatic heterocycles. The van der Waals surface area contributed by atoms with Crippen LogP contribution in [0.3, 0.4) is 0 Å². The van der Waals surface area contributed by atoms with E-state index < -0.39 is 47.6 Å². The molecule has 0 aliphatic carbocycles. The van der Waals surface area contributed by atoms with Crippen molar-refractivity contribution in [3.63, 3.8) is 0 Å². The highest BCUT2D eigenvalue weighted by Gasteiger charge is 2.93. The van der Waals surface area contributed by atoms with Gasteiger partial charge in [-0.2, -0.15) is 65.9 Å². The van der Waals surface area contributed by atoms with Gasteiger partial charge in [-0.15, -0.1) is 6.42 Å². The molecule has 0 bridgehead atoms. The van der Waals surface area contributed by atoms with Gasteiger partial charge in [0.25, 0.3) is 0 Å². The summed E-state index contributed by atoms with van der Waals surface area (Å²) in [6.45, 7) is 0. The van der Waals surface area contributed by atoms with Crippen LogP contribution in [-0.4, -0.2) is 41.7 Å². The van der Waals surface area contributed by atoms with Crippen molar-refractivity contribution in [2.75, 3.05) is 0 Å². The molecule has 0 aromatic rings. The molecule has 24 heavy (non-hydrogen) atoms. The van der Waals surface area contributed by atoms with E-state index in [1.54, 1.807) is 0 Å². The predicted octanol–water partition coefficient (Wildman–Crippen LogP) is 4.99. The first kappa shape index (κ1) is 22.5. The van der Waals surface area contributed by atoms with Crippen molar-refractivity contribution in [2.45, 2.75) is 41.7 Å². The second-order valence-electron chi connectivity index (χ2n) is 4.09. The number of alkyl halides is 15. The van der Waals surface area contributed by atoms with Crippen molar-refractivity contribution in [3.05, 3.63) is 0 Å². The van der Waals surface area contributed by atoms with Gasteiger partial charge in [0.05, 0.1) is 0 Å². The maximum Gasteiger partial charge on any atom is 0.460 e. The highest BCUT2D eigenvalue weighted by atomic mass is 19.4. The van der Waals surface area contributed by atoms with Crippen LogP contribution in [0.15, 0.2) is 0 Å². The van der Waals surface area contributed by atoms with E-state index in [1.807, 2.05) is 0 Å². The van der Waals surface area contributed by atoms with E-state index in [9.17, 15) is 65.9 Å². The van der Waals surface area contributed by atoms with Gasteiger partial charge in [-0.1, -0.05) is 0 Å². The lowest BCUT2D eigenvalue weighted by atomic mass is 9.91. The van der Waals surface area contributed by atoms with E-state index in [-0.39, 0.29) is 0 Å². The third-order valence-corrected chi connectivity index (χ3v) is 2.51. The lowest BCUT2D eigenvalue weighted by Gasteiger charge is -2.40. The zero-order valence-electron chi connectivity index (χ0n) is 10.2. The molecule has 0 rings (SSSR count). The lowest BCUT2D eigenvalue weighted by molar-refractivity contribution is -0.449. The number of hydrogen-bond donors (Lipinski definition) is 0. The Balaban J connectivity index is 6.48. The minimum absolute atomic E-state index is 0.471. The van der Waals surface area contributed by atoms with Gasteiger partial charge >= 0.3 is 41.7 Å². The molecule has 0 amide bonds. The third-order valence-electron chi connectivity index (χ3n) is 2.51. The first-order valence-electron chi connectivity index (χ1n) is 4.87. The maximum atomic E-state index is 12.8. The van der Waals surface area contributed by atoms with Crippen molar-refractivity contribution >= 4 is 0 Å². The SMILES string of the molecule is C#CC(F)(F)C(F)(F)C(F)(F)C(F)(F)C(F)(F)C(F)(F)C(F)(F)F. The molecule has 0 radical (unpaired) electrons. The molecule has 0 nitrogen and oxygen atoms in total. The van der Waals surface area contributed by atoms with Crippen LogP contribution in [0, 0.1) is 12.3 Å². The number of hydrogen-bond acceptors (Lipinski definition) is 0. The Hall–Kier alpha value is -1.49. The predicted molar refractivity (Wildman–Crippen MR) is 44.6 cm³/mol. The minimum atomic E-state index is -8.29. The second kappa shape index (κ2) is 5.25. The third kappa shape index (κ3) is 2.53. The number of terminal acetylenes is 1. The molecular weight excluding hydrogens is 393 g/mol. The van der Waals surface area contributed by atoms with E-state index in [0.717, 1.165) is 0 Å². The van der Waals surface area contributed by atoms with Gasteiger partial charge in [-0.05, 0) is 5.92 Å². The highest BCUT2D eigenvalue weighted by Crippen LogP contribution is 2.62. The van der Waals surface area contributed by atoms with Crippen LogP contribution in [0.25, 0.3) is 0 Å². The van der Waals surface area contributed by atoms with Crippen molar-refractivity contribution < 1.29 is 65.9 Å². The van der Waals surface area contributed by atoms with Gasteiger partial charge in [0.15, 0.2) is 0 Å². The van der Waals surface area contributed by atoms with Gasteiger partial charge in [-0.3, -0.25) is 0 Å². The summed E-state index contributed by atoms with van der Waals surface area (Å²) in [4.78, 5) is 0. The quantitative estimate of drug-likeness (QED) is 0.455. The van der Waals surface area contributed by atoms with Crippen molar-refractivity contribution in [2.24, 2.45) is 0 Å². The largest absolute Gasteiger partial charge is 0.460 e. The van der Waals surface area contributed by atoms with E-state index in [0.29, 0.717) is 0 Å². The van der Waals surface area contributed by atoms with E-state index in [2.05, 4.69) is 6.42 Å². The Morgan fingerprint density at radius 3 is 0.917 bits per heavy atom. The zero-order valence-corrected chi connectivity index (χ0v) is 10.2. The molecule has 0 atom stereocenters. The number of halogens is 15. The van der Waals surface area contributed by atoms with E-state index in [4.69, 9.17) is 0 Å². The molecule has 0 aliphatic rings. The summed E-state index contributed by atoms with van der Waals surface area (Å²) >= 11 is 0. The fourth-order valence-corrected chi connectivity index (χ4v) is 1.06. The molecule has 0 saturated carbocycles. The van der Waals surface area contributed by atoms with Crippen LogP contribution in [0.5, 0.6) is 0 Å². The molecule has 0 spiro atoms. The first-order chi connectivity index (χ1) is 10.1. The average Bonchev–Trinajstić information content (AvgIpc) is 2.36. The minimum Gasteiger partial charge on any atom is -0.192 e. The smallest absolute Gasteiger partial charge is 0.192 e. The van der Waals surface area contributed by atoms with Gasteiger partial charge in [0.2, 0.25) is 0 Å². The summed E-state index contributed by atoms with van der Waals surface area (Å²) in [5, 5.41) is 0. The second-order valence-corrected chi connectivity index (χ2v) is 4.09. The Morgan fingerprint density at radius 2 is 0.667 bits per heavy atom. The molecule has 0 fully saturated rings. The van der Waals surface area contributed by atoms with Gasteiger partial charge in [0, 0.05) is 0 Å². The Kier molecular flexibility index (Phi) is 4.93. The Labute approximate surface area is 121 Å². The molecule has 0 aromatic heterocycles. The summed E-state index contributed by atoms with van der Waals surface area (Å²) < 4.78 is 187. The first-order valence-corrected chi connectivity index (χ1v) is 4.87. The molecule has 15 heteroatoms. The molecule has 0 aromatic carbocycles. The fourth-order valence-electron chi connectivity index (χ4n) is 1.06. The number of rotatable bonds is 5. The van der Waals surface area contributed by atoms with Gasteiger partial charge < -0.3 is 0 Å². The fraction of sp³-hybridized carbons (Fsp3) is 0.778. The summed E-state index contributed by atoms with van der Waals surface area (Å²) in [6.07, 6.45) is -3.99. The molecular formula is C9HF15. The highest BCUT2D eigenvalue weighted by molar-refractivity contribution is 5.19. The molecule has 0 saturated heterocycles. The lowest BCUT2D eigenvalue weighted by Crippen LogP contribution is -2.72. The van der Waals surface area contributed by atoms with Gasteiger partial charge in [0.1, 0.15) is 0 Å². The maximum absolute atomic E-state index is 12.8. The van der Waals surface area contributed by atoms with Crippen LogP contribution in [0.4, 0.5) is 65.9 Å². The van der Waals surface area contributed by atoms with Crippen LogP contribution in [0.2, 0.25) is 0 Å². The van der Waals surface area contributed by atoms with Crippen LogP contribution in [0.1, 0.15) is 0 Å².